The number of nitrogens with zero attached hydrogens (tertiary/aromatic N) is 2. The maximum atomic E-state index is 2.75. The summed E-state index contributed by atoms with van der Waals surface area (Å²) in [6, 6.07) is 0.829. The minimum Gasteiger partial charge on any atom is -0.301 e. The van der Waals surface area contributed by atoms with Gasteiger partial charge in [-0.05, 0) is 38.1 Å². The molecule has 0 aromatic rings. The second-order valence-electron chi connectivity index (χ2n) is 6.59. The maximum Gasteiger partial charge on any atom is 0.0134 e. The summed E-state index contributed by atoms with van der Waals surface area (Å²) >= 11 is 0. The first kappa shape index (κ1) is 15.1. The molecule has 0 radical (unpaired) electrons. The Kier molecular flexibility index (Phi) is 5.90. The van der Waals surface area contributed by atoms with Crippen molar-refractivity contribution >= 4 is 0 Å². The van der Waals surface area contributed by atoms with Crippen LogP contribution in [0, 0.1) is 5.92 Å². The predicted octanol–water partition coefficient (Wildman–Crippen LogP) is 3.54. The van der Waals surface area contributed by atoms with Gasteiger partial charge in [0.2, 0.25) is 0 Å². The molecule has 0 N–H and O–H groups in total. The van der Waals surface area contributed by atoms with Crippen molar-refractivity contribution in [1.82, 2.24) is 9.80 Å². The standard InChI is InChI=1S/C17H32N2/c1-4-5-10-18-11-13-19(14-12-18)17-8-6-16(7-9-17)15(2)3/h6,15,17H,4-5,7-14H2,1-3H3. The van der Waals surface area contributed by atoms with Gasteiger partial charge in [-0.2, -0.15) is 0 Å². The molecule has 1 saturated heterocycles. The average Bonchev–Trinajstić information content (AvgIpc) is 2.46. The van der Waals surface area contributed by atoms with Gasteiger partial charge < -0.3 is 4.90 Å². The van der Waals surface area contributed by atoms with E-state index < -0.39 is 0 Å². The van der Waals surface area contributed by atoms with Gasteiger partial charge in [-0.1, -0.05) is 38.8 Å². The maximum absolute atomic E-state index is 2.75. The number of rotatable bonds is 5. The predicted molar refractivity (Wildman–Crippen MR) is 83.5 cm³/mol. The lowest BCUT2D eigenvalue weighted by Crippen LogP contribution is -2.50. The van der Waals surface area contributed by atoms with Crippen molar-refractivity contribution in [1.29, 1.82) is 0 Å². The van der Waals surface area contributed by atoms with Gasteiger partial charge in [0, 0.05) is 32.2 Å². The Hall–Kier alpha value is -0.340. The van der Waals surface area contributed by atoms with Gasteiger partial charge >= 0.3 is 0 Å². The summed E-state index contributed by atoms with van der Waals surface area (Å²) in [7, 11) is 0. The molecule has 2 aliphatic rings. The van der Waals surface area contributed by atoms with E-state index in [4.69, 9.17) is 0 Å². The minimum absolute atomic E-state index is 0.756. The molecule has 1 aliphatic carbocycles. The molecular formula is C17H32N2. The van der Waals surface area contributed by atoms with Gasteiger partial charge in [-0.25, -0.2) is 0 Å². The third kappa shape index (κ3) is 4.32. The van der Waals surface area contributed by atoms with Crippen LogP contribution in [0.25, 0.3) is 0 Å². The van der Waals surface area contributed by atoms with Gasteiger partial charge in [0.25, 0.3) is 0 Å². The van der Waals surface area contributed by atoms with Crippen LogP contribution in [0.2, 0.25) is 0 Å². The Morgan fingerprint density at radius 3 is 2.47 bits per heavy atom. The monoisotopic (exact) mass is 264 g/mol. The topological polar surface area (TPSA) is 6.48 Å². The largest absolute Gasteiger partial charge is 0.301 e. The van der Waals surface area contributed by atoms with E-state index >= 15 is 0 Å². The van der Waals surface area contributed by atoms with Crippen molar-refractivity contribution in [2.45, 2.75) is 58.9 Å². The molecule has 2 rings (SSSR count). The second-order valence-corrected chi connectivity index (χ2v) is 6.59. The molecule has 0 amide bonds. The summed E-state index contributed by atoms with van der Waals surface area (Å²) in [5.41, 5.74) is 1.69. The molecule has 1 unspecified atom stereocenters. The fourth-order valence-corrected chi connectivity index (χ4v) is 3.43. The van der Waals surface area contributed by atoms with Crippen LogP contribution in [0.3, 0.4) is 0 Å². The first-order chi connectivity index (χ1) is 9.20. The lowest BCUT2D eigenvalue weighted by Gasteiger charge is -2.40. The number of unbranched alkanes of at least 4 members (excludes halogenated alkanes) is 1. The smallest absolute Gasteiger partial charge is 0.0134 e. The van der Waals surface area contributed by atoms with Crippen molar-refractivity contribution < 1.29 is 0 Å². The Bertz CT molecular complexity index is 288. The molecular weight excluding hydrogens is 232 g/mol. The van der Waals surface area contributed by atoms with E-state index in [-0.39, 0.29) is 0 Å². The fraction of sp³-hybridized carbons (Fsp3) is 0.882. The summed E-state index contributed by atoms with van der Waals surface area (Å²) < 4.78 is 0. The van der Waals surface area contributed by atoms with Crippen molar-refractivity contribution in [2.24, 2.45) is 5.92 Å². The summed E-state index contributed by atoms with van der Waals surface area (Å²) in [5.74, 6) is 0.756. The van der Waals surface area contributed by atoms with Crippen molar-refractivity contribution in [3.63, 3.8) is 0 Å². The average molecular weight is 264 g/mol. The van der Waals surface area contributed by atoms with Crippen molar-refractivity contribution in [3.8, 4) is 0 Å². The quantitative estimate of drug-likeness (QED) is 0.701. The summed E-state index contributed by atoms with van der Waals surface area (Å²) in [5, 5.41) is 0. The number of hydrogen-bond donors (Lipinski definition) is 0. The molecule has 1 heterocycles. The van der Waals surface area contributed by atoms with Gasteiger partial charge in [0.05, 0.1) is 0 Å². The van der Waals surface area contributed by atoms with E-state index in [0.717, 1.165) is 12.0 Å². The van der Waals surface area contributed by atoms with E-state index in [0.29, 0.717) is 0 Å². The summed E-state index contributed by atoms with van der Waals surface area (Å²) in [4.78, 5) is 5.40. The molecule has 110 valence electrons. The molecule has 0 saturated carbocycles. The molecule has 1 aliphatic heterocycles. The van der Waals surface area contributed by atoms with Crippen molar-refractivity contribution in [2.75, 3.05) is 32.7 Å². The highest BCUT2D eigenvalue weighted by Gasteiger charge is 2.25. The third-order valence-electron chi connectivity index (χ3n) is 4.91. The third-order valence-corrected chi connectivity index (χ3v) is 4.91. The highest BCUT2D eigenvalue weighted by Crippen LogP contribution is 2.27. The molecule has 19 heavy (non-hydrogen) atoms. The molecule has 1 atom stereocenters. The van der Waals surface area contributed by atoms with Crippen LogP contribution >= 0.6 is 0 Å². The van der Waals surface area contributed by atoms with E-state index in [9.17, 15) is 0 Å². The molecule has 2 heteroatoms. The van der Waals surface area contributed by atoms with Gasteiger partial charge in [-0.3, -0.25) is 4.90 Å². The van der Waals surface area contributed by atoms with Crippen LogP contribution in [-0.2, 0) is 0 Å². The van der Waals surface area contributed by atoms with Crippen LogP contribution in [0.1, 0.15) is 52.9 Å². The molecule has 0 aromatic carbocycles. The SMILES string of the molecule is CCCCN1CCN(C2CC=C(C(C)C)CC2)CC1. The lowest BCUT2D eigenvalue weighted by molar-refractivity contribution is 0.0898. The van der Waals surface area contributed by atoms with Crippen LogP contribution < -0.4 is 0 Å². The number of allylic oxidation sites excluding steroid dienone is 1. The van der Waals surface area contributed by atoms with Gasteiger partial charge in [-0.15, -0.1) is 0 Å². The van der Waals surface area contributed by atoms with E-state index in [1.807, 2.05) is 0 Å². The molecule has 0 aromatic heterocycles. The van der Waals surface area contributed by atoms with Gasteiger partial charge in [0.1, 0.15) is 0 Å². The van der Waals surface area contributed by atoms with Crippen LogP contribution in [0.4, 0.5) is 0 Å². The Balaban J connectivity index is 1.74. The first-order valence-electron chi connectivity index (χ1n) is 8.36. The molecule has 0 spiro atoms. The van der Waals surface area contributed by atoms with Gasteiger partial charge in [0.15, 0.2) is 0 Å². The zero-order valence-corrected chi connectivity index (χ0v) is 13.2. The molecule has 0 bridgehead atoms. The molecule has 1 fully saturated rings. The first-order valence-corrected chi connectivity index (χ1v) is 8.36. The number of piperazine rings is 1. The van der Waals surface area contributed by atoms with E-state index in [1.54, 1.807) is 5.57 Å². The zero-order valence-electron chi connectivity index (χ0n) is 13.2. The second kappa shape index (κ2) is 7.44. The summed E-state index contributed by atoms with van der Waals surface area (Å²) in [6.45, 7) is 13.4. The highest BCUT2D eigenvalue weighted by molar-refractivity contribution is 5.10. The zero-order chi connectivity index (χ0) is 13.7. The van der Waals surface area contributed by atoms with E-state index in [2.05, 4.69) is 36.6 Å². The number of hydrogen-bond acceptors (Lipinski definition) is 2. The highest BCUT2D eigenvalue weighted by atomic mass is 15.3. The van der Waals surface area contributed by atoms with Crippen molar-refractivity contribution in [3.05, 3.63) is 11.6 Å². The fourth-order valence-electron chi connectivity index (χ4n) is 3.43. The van der Waals surface area contributed by atoms with Crippen LogP contribution in [-0.4, -0.2) is 48.6 Å². The van der Waals surface area contributed by atoms with Crippen LogP contribution in [0.15, 0.2) is 11.6 Å². The summed E-state index contributed by atoms with van der Waals surface area (Å²) in [6.07, 6.45) is 9.23. The minimum atomic E-state index is 0.756. The Morgan fingerprint density at radius 1 is 1.21 bits per heavy atom. The molecule has 2 nitrogen and oxygen atoms in total. The lowest BCUT2D eigenvalue weighted by atomic mass is 9.88. The normalized spacial score (nSPS) is 26.7. The van der Waals surface area contributed by atoms with E-state index in [1.165, 1.54) is 64.8 Å². The van der Waals surface area contributed by atoms with Crippen LogP contribution in [0.5, 0.6) is 0 Å². The Labute approximate surface area is 119 Å². The Morgan fingerprint density at radius 2 is 1.95 bits per heavy atom.